The third-order valence-corrected chi connectivity index (χ3v) is 7.11. The minimum atomic E-state index is -0.227. The molecule has 162 valence electrons. The van der Waals surface area contributed by atoms with Gasteiger partial charge in [0.1, 0.15) is 4.83 Å². The van der Waals surface area contributed by atoms with Crippen LogP contribution in [0, 0.1) is 12.8 Å². The predicted molar refractivity (Wildman–Crippen MR) is 123 cm³/mol. The number of nitrogens with one attached hydrogen (secondary N) is 2. The van der Waals surface area contributed by atoms with Crippen molar-refractivity contribution in [3.63, 3.8) is 0 Å². The lowest BCUT2D eigenvalue weighted by atomic mass is 9.95. The van der Waals surface area contributed by atoms with Crippen LogP contribution in [-0.4, -0.2) is 39.8 Å². The lowest BCUT2D eigenvalue weighted by molar-refractivity contribution is -0.121. The van der Waals surface area contributed by atoms with Gasteiger partial charge in [0.15, 0.2) is 0 Å². The van der Waals surface area contributed by atoms with Gasteiger partial charge in [-0.2, -0.15) is 0 Å². The summed E-state index contributed by atoms with van der Waals surface area (Å²) >= 11 is 1.25. The number of carbonyl (C=O) groups excluding carboxylic acids is 2. The van der Waals surface area contributed by atoms with Gasteiger partial charge in [-0.1, -0.05) is 26.0 Å². The van der Waals surface area contributed by atoms with Gasteiger partial charge in [0.25, 0.3) is 11.5 Å². The minimum Gasteiger partial charge on any atom is -0.338 e. The van der Waals surface area contributed by atoms with Crippen molar-refractivity contribution in [2.75, 3.05) is 18.4 Å². The first-order valence-corrected chi connectivity index (χ1v) is 11.3. The number of nitrogens with zero attached hydrogens (tertiary/aromatic N) is 2. The van der Waals surface area contributed by atoms with Gasteiger partial charge in [-0.3, -0.25) is 14.4 Å². The number of hydrogen-bond donors (Lipinski definition) is 2. The van der Waals surface area contributed by atoms with E-state index in [0.29, 0.717) is 52.5 Å². The Kier molecular flexibility index (Phi) is 5.91. The highest BCUT2D eigenvalue weighted by molar-refractivity contribution is 7.20. The van der Waals surface area contributed by atoms with E-state index in [0.717, 1.165) is 5.69 Å². The van der Waals surface area contributed by atoms with Crippen molar-refractivity contribution < 1.29 is 9.59 Å². The van der Waals surface area contributed by atoms with Gasteiger partial charge in [-0.15, -0.1) is 11.3 Å². The molecule has 0 bridgehead atoms. The normalized spacial score (nSPS) is 14.9. The minimum absolute atomic E-state index is 0.00169. The van der Waals surface area contributed by atoms with Crippen molar-refractivity contribution in [3.05, 3.63) is 57.0 Å². The Morgan fingerprint density at radius 1 is 1.19 bits per heavy atom. The number of aryl methyl sites for hydroxylation is 1. The van der Waals surface area contributed by atoms with E-state index in [4.69, 9.17) is 0 Å². The van der Waals surface area contributed by atoms with Gasteiger partial charge in [-0.25, -0.2) is 4.98 Å². The number of aromatic nitrogens is 2. The highest BCUT2D eigenvalue weighted by Gasteiger charge is 2.30. The van der Waals surface area contributed by atoms with E-state index in [1.807, 2.05) is 24.3 Å². The lowest BCUT2D eigenvalue weighted by Crippen LogP contribution is -2.41. The standard InChI is InChI=1S/C23H26N4O3S/c1-13(2)15-4-6-17(7-5-15)26-20(28)16-8-10-27(11-9-16)23(30)19-14(3)18-21(29)24-12-25-22(18)31-19/h4-7,12-13,16H,8-11H2,1-3H3,(H,26,28)(H,24,25,29). The van der Waals surface area contributed by atoms with Crippen LogP contribution in [0.2, 0.25) is 0 Å². The van der Waals surface area contributed by atoms with E-state index >= 15 is 0 Å². The number of rotatable bonds is 4. The maximum atomic E-state index is 13.1. The third-order valence-electron chi connectivity index (χ3n) is 5.92. The molecule has 1 fully saturated rings. The van der Waals surface area contributed by atoms with Gasteiger partial charge in [-0.05, 0) is 48.9 Å². The number of likely N-dealkylation sites (tertiary alicyclic amines) is 1. The van der Waals surface area contributed by atoms with Crippen LogP contribution in [-0.2, 0) is 4.79 Å². The molecule has 2 N–H and O–H groups in total. The Bertz CT molecular complexity index is 1170. The highest BCUT2D eigenvalue weighted by atomic mass is 32.1. The Morgan fingerprint density at radius 3 is 2.48 bits per heavy atom. The molecule has 0 aliphatic carbocycles. The molecule has 0 spiro atoms. The summed E-state index contributed by atoms with van der Waals surface area (Å²) in [6, 6.07) is 7.95. The second kappa shape index (κ2) is 8.63. The molecule has 0 saturated carbocycles. The number of fused-ring (bicyclic) bond motifs is 1. The van der Waals surface area contributed by atoms with Crippen molar-refractivity contribution in [2.24, 2.45) is 5.92 Å². The molecule has 0 radical (unpaired) electrons. The van der Waals surface area contributed by atoms with Crippen LogP contribution in [0.1, 0.15) is 53.4 Å². The number of benzene rings is 1. The molecule has 1 aromatic carbocycles. The quantitative estimate of drug-likeness (QED) is 0.646. The van der Waals surface area contributed by atoms with Crippen LogP contribution in [0.4, 0.5) is 5.69 Å². The van der Waals surface area contributed by atoms with E-state index < -0.39 is 0 Å². The Hall–Kier alpha value is -3.00. The SMILES string of the molecule is Cc1c(C(=O)N2CCC(C(=O)Nc3ccc(C(C)C)cc3)CC2)sc2nc[nH]c(=O)c12. The van der Waals surface area contributed by atoms with Crippen molar-refractivity contribution >= 4 is 39.1 Å². The number of hydrogen-bond acceptors (Lipinski definition) is 5. The summed E-state index contributed by atoms with van der Waals surface area (Å²) in [6.45, 7) is 7.09. The molecule has 8 heteroatoms. The van der Waals surface area contributed by atoms with Crippen molar-refractivity contribution in [1.82, 2.24) is 14.9 Å². The molecule has 3 heterocycles. The van der Waals surface area contributed by atoms with E-state index in [1.165, 1.54) is 23.2 Å². The van der Waals surface area contributed by atoms with E-state index in [9.17, 15) is 14.4 Å². The van der Waals surface area contributed by atoms with Gasteiger partial charge in [0, 0.05) is 24.7 Å². The predicted octanol–water partition coefficient (Wildman–Crippen LogP) is 3.91. The average Bonchev–Trinajstić information content (AvgIpc) is 3.11. The number of carbonyl (C=O) groups is 2. The largest absolute Gasteiger partial charge is 0.338 e. The van der Waals surface area contributed by atoms with Crippen molar-refractivity contribution in [1.29, 1.82) is 0 Å². The number of aromatic amines is 1. The molecule has 31 heavy (non-hydrogen) atoms. The van der Waals surface area contributed by atoms with Crippen LogP contribution < -0.4 is 10.9 Å². The van der Waals surface area contributed by atoms with Crippen molar-refractivity contribution in [3.8, 4) is 0 Å². The van der Waals surface area contributed by atoms with E-state index in [1.54, 1.807) is 11.8 Å². The first-order chi connectivity index (χ1) is 14.8. The fraction of sp³-hybridized carbons (Fsp3) is 0.391. The van der Waals surface area contributed by atoms with Crippen LogP contribution in [0.15, 0.2) is 35.4 Å². The summed E-state index contributed by atoms with van der Waals surface area (Å²) in [5, 5.41) is 3.48. The summed E-state index contributed by atoms with van der Waals surface area (Å²) in [5.74, 6) is 0.230. The summed E-state index contributed by atoms with van der Waals surface area (Å²) < 4.78 is 0. The fourth-order valence-electron chi connectivity index (χ4n) is 3.97. The lowest BCUT2D eigenvalue weighted by Gasteiger charge is -2.31. The second-order valence-corrected chi connectivity index (χ2v) is 9.30. The zero-order valence-electron chi connectivity index (χ0n) is 17.9. The number of amides is 2. The Balaban J connectivity index is 1.38. The zero-order chi connectivity index (χ0) is 22.1. The molecular formula is C23H26N4O3S. The monoisotopic (exact) mass is 438 g/mol. The number of piperidine rings is 1. The van der Waals surface area contributed by atoms with Crippen molar-refractivity contribution in [2.45, 2.75) is 39.5 Å². The summed E-state index contributed by atoms with van der Waals surface area (Å²) in [6.07, 6.45) is 2.59. The Labute approximate surface area is 184 Å². The molecule has 2 aromatic heterocycles. The van der Waals surface area contributed by atoms with Crippen LogP contribution in [0.3, 0.4) is 0 Å². The summed E-state index contributed by atoms with van der Waals surface area (Å²) in [7, 11) is 0. The molecule has 7 nitrogen and oxygen atoms in total. The highest BCUT2D eigenvalue weighted by Crippen LogP contribution is 2.29. The number of thiophene rings is 1. The summed E-state index contributed by atoms with van der Waals surface area (Å²) in [4.78, 5) is 47.4. The fourth-order valence-corrected chi connectivity index (χ4v) is 5.08. The number of H-pyrrole nitrogens is 1. The van der Waals surface area contributed by atoms with Crippen LogP contribution in [0.25, 0.3) is 10.2 Å². The topological polar surface area (TPSA) is 95.2 Å². The molecule has 2 amide bonds. The molecule has 1 aliphatic heterocycles. The third kappa shape index (κ3) is 4.25. The smallest absolute Gasteiger partial charge is 0.264 e. The number of anilines is 1. The van der Waals surface area contributed by atoms with Gasteiger partial charge in [0.2, 0.25) is 5.91 Å². The zero-order valence-corrected chi connectivity index (χ0v) is 18.7. The van der Waals surface area contributed by atoms with E-state index in [2.05, 4.69) is 29.1 Å². The molecule has 0 unspecified atom stereocenters. The van der Waals surface area contributed by atoms with Gasteiger partial charge < -0.3 is 15.2 Å². The maximum absolute atomic E-state index is 13.1. The first kappa shape index (κ1) is 21.2. The first-order valence-electron chi connectivity index (χ1n) is 10.5. The molecule has 1 saturated heterocycles. The summed E-state index contributed by atoms with van der Waals surface area (Å²) in [5.41, 5.74) is 2.48. The molecule has 0 atom stereocenters. The average molecular weight is 439 g/mol. The van der Waals surface area contributed by atoms with Gasteiger partial charge >= 0.3 is 0 Å². The Morgan fingerprint density at radius 2 is 1.87 bits per heavy atom. The van der Waals surface area contributed by atoms with E-state index in [-0.39, 0.29) is 23.3 Å². The second-order valence-electron chi connectivity index (χ2n) is 8.30. The van der Waals surface area contributed by atoms with Crippen LogP contribution in [0.5, 0.6) is 0 Å². The molecule has 4 rings (SSSR count). The molecular weight excluding hydrogens is 412 g/mol. The molecule has 3 aromatic rings. The molecule has 1 aliphatic rings. The van der Waals surface area contributed by atoms with Crippen LogP contribution >= 0.6 is 11.3 Å². The maximum Gasteiger partial charge on any atom is 0.264 e. The van der Waals surface area contributed by atoms with Gasteiger partial charge in [0.05, 0.1) is 16.6 Å².